The molecule has 2 rings (SSSR count). The van der Waals surface area contributed by atoms with Gasteiger partial charge < -0.3 is 5.32 Å². The molecule has 2 aromatic rings. The number of nitrogens with zero attached hydrogens (tertiary/aromatic N) is 1. The first-order chi connectivity index (χ1) is 10.3. The number of amides is 1. The lowest BCUT2D eigenvalue weighted by molar-refractivity contribution is -0.137. The van der Waals surface area contributed by atoms with Crippen LogP contribution in [-0.2, 0) is 6.18 Å². The predicted molar refractivity (Wildman–Crippen MR) is 75.6 cm³/mol. The molecule has 0 saturated heterocycles. The Bertz CT molecular complexity index is 766. The molecule has 0 spiro atoms. The number of halogens is 4. The highest BCUT2D eigenvalue weighted by atomic mass is 35.5. The van der Waals surface area contributed by atoms with Crippen molar-refractivity contribution in [1.82, 2.24) is 0 Å². The van der Waals surface area contributed by atoms with Gasteiger partial charge >= 0.3 is 6.18 Å². The topological polar surface area (TPSA) is 52.9 Å². The Hall–Kier alpha value is -2.52. The van der Waals surface area contributed by atoms with Crippen LogP contribution in [0.4, 0.5) is 18.9 Å². The van der Waals surface area contributed by atoms with Crippen LogP contribution in [0.1, 0.15) is 21.5 Å². The SMILES string of the molecule is N#Cc1ccc(NC(=O)c2ccccc2C(F)(F)F)cc1Cl. The highest BCUT2D eigenvalue weighted by molar-refractivity contribution is 6.32. The Labute approximate surface area is 128 Å². The van der Waals surface area contributed by atoms with Gasteiger partial charge in [-0.25, -0.2) is 0 Å². The molecule has 0 bridgehead atoms. The standard InChI is InChI=1S/C15H8ClF3N2O/c16-13-7-10(6-5-9(13)8-20)21-14(22)11-3-1-2-4-12(11)15(17,18)19/h1-7H,(H,21,22). The van der Waals surface area contributed by atoms with E-state index in [1.165, 1.54) is 30.3 Å². The number of alkyl halides is 3. The van der Waals surface area contributed by atoms with Crippen molar-refractivity contribution in [2.45, 2.75) is 6.18 Å². The lowest BCUT2D eigenvalue weighted by Crippen LogP contribution is -2.18. The van der Waals surface area contributed by atoms with Gasteiger partial charge in [-0.2, -0.15) is 18.4 Å². The molecule has 2 aromatic carbocycles. The zero-order valence-electron chi connectivity index (χ0n) is 10.9. The van der Waals surface area contributed by atoms with Crippen LogP contribution in [0.3, 0.4) is 0 Å². The van der Waals surface area contributed by atoms with Gasteiger partial charge in [0.25, 0.3) is 5.91 Å². The zero-order chi connectivity index (χ0) is 16.3. The molecule has 0 aliphatic carbocycles. The van der Waals surface area contributed by atoms with Gasteiger partial charge in [0.2, 0.25) is 0 Å². The maximum absolute atomic E-state index is 12.9. The molecule has 0 aliphatic heterocycles. The van der Waals surface area contributed by atoms with Crippen molar-refractivity contribution < 1.29 is 18.0 Å². The van der Waals surface area contributed by atoms with Crippen molar-refractivity contribution in [1.29, 1.82) is 5.26 Å². The first-order valence-corrected chi connectivity index (χ1v) is 6.38. The number of nitriles is 1. The normalized spacial score (nSPS) is 10.9. The van der Waals surface area contributed by atoms with Gasteiger partial charge in [0.05, 0.1) is 21.7 Å². The highest BCUT2D eigenvalue weighted by Crippen LogP contribution is 2.32. The van der Waals surface area contributed by atoms with Gasteiger partial charge in [0.1, 0.15) is 6.07 Å². The van der Waals surface area contributed by atoms with Gasteiger partial charge in [-0.1, -0.05) is 23.7 Å². The van der Waals surface area contributed by atoms with Crippen LogP contribution in [0.25, 0.3) is 0 Å². The summed E-state index contributed by atoms with van der Waals surface area (Å²) in [5.41, 5.74) is -1.11. The van der Waals surface area contributed by atoms with E-state index in [1.54, 1.807) is 0 Å². The van der Waals surface area contributed by atoms with Crippen LogP contribution >= 0.6 is 11.6 Å². The Morgan fingerprint density at radius 1 is 1.18 bits per heavy atom. The zero-order valence-corrected chi connectivity index (χ0v) is 11.7. The number of nitrogens with one attached hydrogen (secondary N) is 1. The van der Waals surface area contributed by atoms with Crippen molar-refractivity contribution in [3.63, 3.8) is 0 Å². The smallest absolute Gasteiger partial charge is 0.322 e. The highest BCUT2D eigenvalue weighted by Gasteiger charge is 2.34. The van der Waals surface area contributed by atoms with E-state index >= 15 is 0 Å². The molecule has 0 radical (unpaired) electrons. The van der Waals surface area contributed by atoms with Crippen LogP contribution in [0.2, 0.25) is 5.02 Å². The van der Waals surface area contributed by atoms with Crippen molar-refractivity contribution in [3.8, 4) is 6.07 Å². The van der Waals surface area contributed by atoms with E-state index in [1.807, 2.05) is 6.07 Å². The van der Waals surface area contributed by atoms with Gasteiger partial charge in [-0.15, -0.1) is 0 Å². The number of hydrogen-bond donors (Lipinski definition) is 1. The fourth-order valence-corrected chi connectivity index (χ4v) is 2.03. The molecule has 0 heterocycles. The molecule has 22 heavy (non-hydrogen) atoms. The summed E-state index contributed by atoms with van der Waals surface area (Å²) in [6, 6.07) is 10.4. The molecule has 7 heteroatoms. The van der Waals surface area contributed by atoms with Crippen molar-refractivity contribution >= 4 is 23.2 Å². The second kappa shape index (κ2) is 6.08. The Morgan fingerprint density at radius 3 is 2.45 bits per heavy atom. The predicted octanol–water partition coefficient (Wildman–Crippen LogP) is 4.48. The Morgan fingerprint density at radius 2 is 1.86 bits per heavy atom. The van der Waals surface area contributed by atoms with E-state index in [-0.39, 0.29) is 16.3 Å². The van der Waals surface area contributed by atoms with E-state index in [2.05, 4.69) is 5.32 Å². The summed E-state index contributed by atoms with van der Waals surface area (Å²) in [6.07, 6.45) is -4.63. The second-order valence-electron chi connectivity index (χ2n) is 4.30. The minimum Gasteiger partial charge on any atom is -0.322 e. The first-order valence-electron chi connectivity index (χ1n) is 6.00. The molecule has 3 nitrogen and oxygen atoms in total. The molecule has 1 amide bonds. The summed E-state index contributed by atoms with van der Waals surface area (Å²) >= 11 is 5.81. The van der Waals surface area contributed by atoms with Crippen LogP contribution < -0.4 is 5.32 Å². The minimum atomic E-state index is -4.63. The maximum atomic E-state index is 12.9. The molecule has 0 aliphatic rings. The van der Waals surface area contributed by atoms with Gasteiger partial charge in [0, 0.05) is 5.69 Å². The van der Waals surface area contributed by atoms with Crippen molar-refractivity contribution in [3.05, 3.63) is 64.2 Å². The lowest BCUT2D eigenvalue weighted by atomic mass is 10.1. The van der Waals surface area contributed by atoms with Gasteiger partial charge in [-0.05, 0) is 30.3 Å². The third kappa shape index (κ3) is 3.38. The molecule has 0 atom stereocenters. The van der Waals surface area contributed by atoms with Crippen LogP contribution in [0.15, 0.2) is 42.5 Å². The van der Waals surface area contributed by atoms with Crippen molar-refractivity contribution in [2.24, 2.45) is 0 Å². The summed E-state index contributed by atoms with van der Waals surface area (Å²) < 4.78 is 38.6. The fraction of sp³-hybridized carbons (Fsp3) is 0.0667. The Balaban J connectivity index is 2.31. The molecule has 0 saturated carbocycles. The molecule has 0 aromatic heterocycles. The number of carbonyl (C=O) groups excluding carboxylic acids is 1. The fourth-order valence-electron chi connectivity index (χ4n) is 1.81. The third-order valence-electron chi connectivity index (χ3n) is 2.82. The lowest BCUT2D eigenvalue weighted by Gasteiger charge is -2.12. The average molecular weight is 325 g/mol. The summed E-state index contributed by atoms with van der Waals surface area (Å²) in [6.45, 7) is 0. The van der Waals surface area contributed by atoms with E-state index in [4.69, 9.17) is 16.9 Å². The minimum absolute atomic E-state index is 0.101. The molecular weight excluding hydrogens is 317 g/mol. The molecule has 1 N–H and O–H groups in total. The molecule has 112 valence electrons. The monoisotopic (exact) mass is 324 g/mol. The quantitative estimate of drug-likeness (QED) is 0.885. The van der Waals surface area contributed by atoms with E-state index in [9.17, 15) is 18.0 Å². The molecular formula is C15H8ClF3N2O. The van der Waals surface area contributed by atoms with E-state index < -0.39 is 23.2 Å². The van der Waals surface area contributed by atoms with Crippen LogP contribution in [0, 0.1) is 11.3 Å². The Kier molecular flexibility index (Phi) is 4.38. The van der Waals surface area contributed by atoms with Crippen molar-refractivity contribution in [2.75, 3.05) is 5.32 Å². The number of hydrogen-bond acceptors (Lipinski definition) is 2. The molecule has 0 fully saturated rings. The van der Waals surface area contributed by atoms with E-state index in [0.29, 0.717) is 0 Å². The maximum Gasteiger partial charge on any atom is 0.417 e. The number of benzene rings is 2. The average Bonchev–Trinajstić information content (AvgIpc) is 2.46. The van der Waals surface area contributed by atoms with E-state index in [0.717, 1.165) is 12.1 Å². The summed E-state index contributed by atoms with van der Waals surface area (Å²) in [7, 11) is 0. The number of rotatable bonds is 2. The summed E-state index contributed by atoms with van der Waals surface area (Å²) in [4.78, 5) is 12.0. The largest absolute Gasteiger partial charge is 0.417 e. The first kappa shape index (κ1) is 15.9. The summed E-state index contributed by atoms with van der Waals surface area (Å²) in [5, 5.41) is 11.2. The van der Waals surface area contributed by atoms with Crippen LogP contribution in [0.5, 0.6) is 0 Å². The summed E-state index contributed by atoms with van der Waals surface area (Å²) in [5.74, 6) is -0.909. The number of carbonyl (C=O) groups is 1. The molecule has 0 unspecified atom stereocenters. The third-order valence-corrected chi connectivity index (χ3v) is 3.14. The van der Waals surface area contributed by atoms with Crippen LogP contribution in [-0.4, -0.2) is 5.91 Å². The second-order valence-corrected chi connectivity index (χ2v) is 4.71. The number of anilines is 1. The van der Waals surface area contributed by atoms with Gasteiger partial charge in [0.15, 0.2) is 0 Å². The van der Waals surface area contributed by atoms with Gasteiger partial charge in [-0.3, -0.25) is 4.79 Å².